The smallest absolute Gasteiger partial charge is 0.221 e. The zero-order chi connectivity index (χ0) is 15.8. The minimum Gasteiger partial charge on any atom is -0.352 e. The second-order valence-electron chi connectivity index (χ2n) is 5.15. The molecule has 5 heteroatoms. The molecule has 4 nitrogen and oxygen atoms in total. The van der Waals surface area contributed by atoms with Gasteiger partial charge >= 0.3 is 0 Å². The molecule has 0 aliphatic heterocycles. The van der Waals surface area contributed by atoms with E-state index in [2.05, 4.69) is 15.6 Å². The average molecular weight is 301 g/mol. The van der Waals surface area contributed by atoms with Crippen LogP contribution in [0.3, 0.4) is 0 Å². The first-order chi connectivity index (χ1) is 10.6. The van der Waals surface area contributed by atoms with Crippen LogP contribution >= 0.6 is 0 Å². The lowest BCUT2D eigenvalue weighted by Crippen LogP contribution is -2.27. The van der Waals surface area contributed by atoms with Crippen molar-refractivity contribution < 1.29 is 9.18 Å². The maximum atomic E-state index is 13.1. The summed E-state index contributed by atoms with van der Waals surface area (Å²) in [4.78, 5) is 15.7. The number of carbonyl (C=O) groups excluding carboxylic acids is 1. The van der Waals surface area contributed by atoms with E-state index in [1.165, 1.54) is 6.07 Å². The Morgan fingerprint density at radius 3 is 2.82 bits per heavy atom. The van der Waals surface area contributed by atoms with Gasteiger partial charge in [-0.05, 0) is 35.7 Å². The summed E-state index contributed by atoms with van der Waals surface area (Å²) < 4.78 is 13.1. The second kappa shape index (κ2) is 8.24. The van der Waals surface area contributed by atoms with Crippen molar-refractivity contribution in [2.45, 2.75) is 26.4 Å². The molecule has 0 bridgehead atoms. The molecule has 0 radical (unpaired) electrons. The largest absolute Gasteiger partial charge is 0.352 e. The highest BCUT2D eigenvalue weighted by molar-refractivity contribution is 5.76. The molecular weight excluding hydrogens is 281 g/mol. The van der Waals surface area contributed by atoms with Crippen LogP contribution in [0, 0.1) is 12.7 Å². The highest BCUT2D eigenvalue weighted by Crippen LogP contribution is 2.08. The molecule has 1 heterocycles. The summed E-state index contributed by atoms with van der Waals surface area (Å²) in [6.07, 6.45) is 3.84. The zero-order valence-corrected chi connectivity index (χ0v) is 12.6. The predicted octanol–water partition coefficient (Wildman–Crippen LogP) is 2.33. The van der Waals surface area contributed by atoms with Crippen LogP contribution < -0.4 is 10.6 Å². The molecule has 0 atom stereocenters. The molecule has 22 heavy (non-hydrogen) atoms. The number of halogens is 1. The number of aromatic nitrogens is 1. The Bertz CT molecular complexity index is 617. The van der Waals surface area contributed by atoms with Crippen LogP contribution in [-0.4, -0.2) is 17.4 Å². The molecule has 0 aliphatic carbocycles. The van der Waals surface area contributed by atoms with Crippen molar-refractivity contribution in [2.75, 3.05) is 6.54 Å². The first-order valence-electron chi connectivity index (χ1n) is 7.26. The monoisotopic (exact) mass is 301 g/mol. The quantitative estimate of drug-likeness (QED) is 0.772. The van der Waals surface area contributed by atoms with E-state index in [1.807, 2.05) is 18.2 Å². The number of amides is 1. The fourth-order valence-electron chi connectivity index (χ4n) is 2.04. The summed E-state index contributed by atoms with van der Waals surface area (Å²) >= 11 is 0. The van der Waals surface area contributed by atoms with Gasteiger partial charge in [0, 0.05) is 38.4 Å². The lowest BCUT2D eigenvalue weighted by atomic mass is 10.1. The molecule has 2 aromatic rings. The van der Waals surface area contributed by atoms with Crippen LogP contribution in [0.25, 0.3) is 0 Å². The van der Waals surface area contributed by atoms with Gasteiger partial charge in [0.2, 0.25) is 5.91 Å². The Kier molecular flexibility index (Phi) is 6.03. The highest BCUT2D eigenvalue weighted by Gasteiger charge is 2.02. The fourth-order valence-corrected chi connectivity index (χ4v) is 2.04. The van der Waals surface area contributed by atoms with E-state index in [0.717, 1.165) is 11.1 Å². The Balaban J connectivity index is 1.63. The molecule has 0 saturated carbocycles. The molecule has 0 spiro atoms. The van der Waals surface area contributed by atoms with Gasteiger partial charge in [-0.15, -0.1) is 0 Å². The average Bonchev–Trinajstić information content (AvgIpc) is 2.54. The summed E-state index contributed by atoms with van der Waals surface area (Å²) in [5, 5.41) is 6.03. The molecule has 0 fully saturated rings. The van der Waals surface area contributed by atoms with E-state index < -0.39 is 0 Å². The van der Waals surface area contributed by atoms with Gasteiger partial charge in [-0.1, -0.05) is 18.2 Å². The topological polar surface area (TPSA) is 54.0 Å². The highest BCUT2D eigenvalue weighted by atomic mass is 19.1. The summed E-state index contributed by atoms with van der Waals surface area (Å²) in [6.45, 7) is 3.43. The van der Waals surface area contributed by atoms with Crippen molar-refractivity contribution in [3.8, 4) is 0 Å². The number of rotatable bonds is 7. The van der Waals surface area contributed by atoms with E-state index in [4.69, 9.17) is 0 Å². The molecule has 1 amide bonds. The zero-order valence-electron chi connectivity index (χ0n) is 12.6. The van der Waals surface area contributed by atoms with Crippen LogP contribution in [0.1, 0.15) is 23.1 Å². The molecule has 2 rings (SSSR count). The van der Waals surface area contributed by atoms with E-state index in [1.54, 1.807) is 25.4 Å². The van der Waals surface area contributed by atoms with E-state index >= 15 is 0 Å². The van der Waals surface area contributed by atoms with Crippen molar-refractivity contribution in [1.82, 2.24) is 15.6 Å². The molecular formula is C17H20FN3O. The summed E-state index contributed by atoms with van der Waals surface area (Å²) in [6, 6.07) is 8.78. The third-order valence-electron chi connectivity index (χ3n) is 3.29. The minimum absolute atomic E-state index is 0.00774. The number of hydrogen-bond acceptors (Lipinski definition) is 3. The van der Waals surface area contributed by atoms with Crippen molar-refractivity contribution in [2.24, 2.45) is 0 Å². The number of nitrogens with zero attached hydrogens (tertiary/aromatic N) is 1. The first-order valence-corrected chi connectivity index (χ1v) is 7.26. The standard InChI is InChI=1S/C17H20FN3O/c1-13-9-14(4-5-16(13)18)10-20-8-6-17(22)21-12-15-3-2-7-19-11-15/h2-5,7,9,11,20H,6,8,10,12H2,1H3,(H,21,22). The third-order valence-corrected chi connectivity index (χ3v) is 3.29. The number of hydrogen-bond donors (Lipinski definition) is 2. The molecule has 1 aromatic heterocycles. The van der Waals surface area contributed by atoms with Gasteiger partial charge in [0.1, 0.15) is 5.82 Å². The minimum atomic E-state index is -0.196. The molecule has 0 aliphatic rings. The number of nitrogens with one attached hydrogen (secondary N) is 2. The summed E-state index contributed by atoms with van der Waals surface area (Å²) in [7, 11) is 0. The SMILES string of the molecule is Cc1cc(CNCCC(=O)NCc2cccnc2)ccc1F. The van der Waals surface area contributed by atoms with Crippen molar-refractivity contribution in [3.05, 3.63) is 65.2 Å². The third kappa shape index (κ3) is 5.26. The molecule has 2 N–H and O–H groups in total. The van der Waals surface area contributed by atoms with Crippen molar-refractivity contribution in [3.63, 3.8) is 0 Å². The number of aryl methyl sites for hydroxylation is 1. The van der Waals surface area contributed by atoms with Gasteiger partial charge in [-0.25, -0.2) is 4.39 Å². The Morgan fingerprint density at radius 1 is 1.23 bits per heavy atom. The van der Waals surface area contributed by atoms with Gasteiger partial charge in [0.15, 0.2) is 0 Å². The van der Waals surface area contributed by atoms with Crippen LogP contribution in [0.15, 0.2) is 42.7 Å². The van der Waals surface area contributed by atoms with E-state index in [-0.39, 0.29) is 11.7 Å². The van der Waals surface area contributed by atoms with Gasteiger partial charge in [-0.3, -0.25) is 9.78 Å². The van der Waals surface area contributed by atoms with Gasteiger partial charge in [0.05, 0.1) is 0 Å². The maximum Gasteiger partial charge on any atom is 0.221 e. The molecule has 0 saturated heterocycles. The van der Waals surface area contributed by atoms with Gasteiger partial charge in [-0.2, -0.15) is 0 Å². The summed E-state index contributed by atoms with van der Waals surface area (Å²) in [5.74, 6) is -0.204. The molecule has 1 aromatic carbocycles. The predicted molar refractivity (Wildman–Crippen MR) is 83.5 cm³/mol. The van der Waals surface area contributed by atoms with Crippen LogP contribution in [-0.2, 0) is 17.9 Å². The fraction of sp³-hybridized carbons (Fsp3) is 0.294. The van der Waals surface area contributed by atoms with Crippen molar-refractivity contribution in [1.29, 1.82) is 0 Å². The number of benzene rings is 1. The Hall–Kier alpha value is -2.27. The number of pyridine rings is 1. The van der Waals surface area contributed by atoms with Crippen molar-refractivity contribution >= 4 is 5.91 Å². The Morgan fingerprint density at radius 2 is 2.09 bits per heavy atom. The normalized spacial score (nSPS) is 10.5. The maximum absolute atomic E-state index is 13.1. The van der Waals surface area contributed by atoms with E-state index in [9.17, 15) is 9.18 Å². The molecule has 116 valence electrons. The molecule has 0 unspecified atom stereocenters. The Labute approximate surface area is 129 Å². The van der Waals surface area contributed by atoms with Gasteiger partial charge < -0.3 is 10.6 Å². The van der Waals surface area contributed by atoms with Crippen LogP contribution in [0.5, 0.6) is 0 Å². The van der Waals surface area contributed by atoms with Crippen LogP contribution in [0.4, 0.5) is 4.39 Å². The second-order valence-corrected chi connectivity index (χ2v) is 5.15. The van der Waals surface area contributed by atoms with Gasteiger partial charge in [0.25, 0.3) is 0 Å². The summed E-state index contributed by atoms with van der Waals surface area (Å²) in [5.41, 5.74) is 2.62. The lowest BCUT2D eigenvalue weighted by Gasteiger charge is -2.07. The number of carbonyl (C=O) groups is 1. The van der Waals surface area contributed by atoms with Crippen LogP contribution in [0.2, 0.25) is 0 Å². The first kappa shape index (κ1) is 16.1. The van der Waals surface area contributed by atoms with E-state index in [0.29, 0.717) is 31.6 Å². The lowest BCUT2D eigenvalue weighted by molar-refractivity contribution is -0.121.